The van der Waals surface area contributed by atoms with Crippen molar-refractivity contribution in [3.05, 3.63) is 0 Å². The third kappa shape index (κ3) is 2.47. The van der Waals surface area contributed by atoms with E-state index in [1.54, 1.807) is 0 Å². The molecule has 82 valence electrons. The summed E-state index contributed by atoms with van der Waals surface area (Å²) in [7, 11) is 0. The van der Waals surface area contributed by atoms with E-state index in [-0.39, 0.29) is 0 Å². The van der Waals surface area contributed by atoms with E-state index in [4.69, 9.17) is 5.41 Å². The average molecular weight is 197 g/mol. The summed E-state index contributed by atoms with van der Waals surface area (Å²) >= 11 is 0. The summed E-state index contributed by atoms with van der Waals surface area (Å²) in [4.78, 5) is 4.73. The molecule has 1 heterocycles. The summed E-state index contributed by atoms with van der Waals surface area (Å²) in [6.45, 7) is 10.9. The summed E-state index contributed by atoms with van der Waals surface area (Å²) in [6.07, 6.45) is 2.09. The zero-order chi connectivity index (χ0) is 10.6. The van der Waals surface area contributed by atoms with E-state index < -0.39 is 0 Å². The van der Waals surface area contributed by atoms with Crippen molar-refractivity contribution in [2.75, 3.05) is 26.2 Å². The lowest BCUT2D eigenvalue weighted by atomic mass is 10.2. The number of rotatable bonds is 4. The Bertz CT molecular complexity index is 187. The van der Waals surface area contributed by atoms with Crippen molar-refractivity contribution in [3.63, 3.8) is 0 Å². The lowest BCUT2D eigenvalue weighted by molar-refractivity contribution is 0.223. The molecule has 0 radical (unpaired) electrons. The van der Waals surface area contributed by atoms with Gasteiger partial charge in [0.25, 0.3) is 0 Å². The number of nitrogens with one attached hydrogen (secondary N) is 1. The third-order valence-electron chi connectivity index (χ3n) is 3.21. The number of likely N-dealkylation sites (N-methyl/N-ethyl adjacent to an activating group) is 1. The molecule has 1 aliphatic heterocycles. The Labute approximate surface area is 87.6 Å². The monoisotopic (exact) mass is 197 g/mol. The smallest absolute Gasteiger partial charge is 0.0955 e. The fraction of sp³-hybridized carbons (Fsp3) is 0.909. The van der Waals surface area contributed by atoms with E-state index in [1.807, 2.05) is 0 Å². The maximum Gasteiger partial charge on any atom is 0.0955 e. The minimum Gasteiger partial charge on any atom is -0.359 e. The molecule has 1 fully saturated rings. The molecule has 0 aromatic rings. The van der Waals surface area contributed by atoms with E-state index >= 15 is 0 Å². The van der Waals surface area contributed by atoms with E-state index in [1.165, 1.54) is 6.42 Å². The van der Waals surface area contributed by atoms with Gasteiger partial charge in [-0.2, -0.15) is 0 Å². The van der Waals surface area contributed by atoms with Crippen molar-refractivity contribution in [3.8, 4) is 0 Å². The van der Waals surface area contributed by atoms with Crippen molar-refractivity contribution in [1.82, 2.24) is 9.80 Å². The van der Waals surface area contributed by atoms with Crippen LogP contribution in [0.4, 0.5) is 0 Å². The van der Waals surface area contributed by atoms with Crippen LogP contribution in [0.25, 0.3) is 0 Å². The first-order valence-corrected chi connectivity index (χ1v) is 5.79. The minimum atomic E-state index is 0.678. The number of likely N-dealkylation sites (tertiary alicyclic amines) is 1. The molecule has 1 saturated heterocycles. The van der Waals surface area contributed by atoms with Gasteiger partial charge in [0.2, 0.25) is 0 Å². The lowest BCUT2D eigenvalue weighted by Gasteiger charge is -2.26. The highest BCUT2D eigenvalue weighted by Gasteiger charge is 2.26. The summed E-state index contributed by atoms with van der Waals surface area (Å²) in [5.74, 6) is 0.805. The van der Waals surface area contributed by atoms with Gasteiger partial charge < -0.3 is 4.90 Å². The molecule has 1 unspecified atom stereocenters. The van der Waals surface area contributed by atoms with Gasteiger partial charge in [-0.15, -0.1) is 0 Å². The van der Waals surface area contributed by atoms with Gasteiger partial charge in [0.05, 0.1) is 5.84 Å². The molecule has 0 saturated carbocycles. The first kappa shape index (κ1) is 11.5. The van der Waals surface area contributed by atoms with E-state index in [0.29, 0.717) is 6.04 Å². The van der Waals surface area contributed by atoms with Crippen LogP contribution >= 0.6 is 0 Å². The molecule has 3 nitrogen and oxygen atoms in total. The Hall–Kier alpha value is -0.570. The van der Waals surface area contributed by atoms with Crippen LogP contribution in [0, 0.1) is 5.41 Å². The van der Waals surface area contributed by atoms with Gasteiger partial charge in [0.1, 0.15) is 0 Å². The molecule has 0 amide bonds. The van der Waals surface area contributed by atoms with Gasteiger partial charge in [-0.1, -0.05) is 20.8 Å². The highest BCUT2D eigenvalue weighted by molar-refractivity contribution is 5.79. The maximum atomic E-state index is 7.79. The lowest BCUT2D eigenvalue weighted by Crippen LogP contribution is -2.38. The molecule has 0 spiro atoms. The Balaban J connectivity index is 2.43. The molecule has 0 aromatic carbocycles. The van der Waals surface area contributed by atoms with Crippen molar-refractivity contribution < 1.29 is 0 Å². The number of hydrogen-bond donors (Lipinski definition) is 1. The molecular weight excluding hydrogens is 174 g/mol. The molecule has 1 aliphatic rings. The molecule has 14 heavy (non-hydrogen) atoms. The molecule has 1 rings (SSSR count). The largest absolute Gasteiger partial charge is 0.359 e. The highest BCUT2D eigenvalue weighted by Crippen LogP contribution is 2.16. The van der Waals surface area contributed by atoms with Crippen LogP contribution in [0.1, 0.15) is 33.6 Å². The van der Waals surface area contributed by atoms with Crippen molar-refractivity contribution >= 4 is 5.84 Å². The van der Waals surface area contributed by atoms with Gasteiger partial charge in [-0.05, 0) is 19.5 Å². The zero-order valence-corrected chi connectivity index (χ0v) is 9.71. The second-order valence-electron chi connectivity index (χ2n) is 3.91. The van der Waals surface area contributed by atoms with E-state index in [2.05, 4.69) is 30.6 Å². The van der Waals surface area contributed by atoms with Crippen LogP contribution < -0.4 is 0 Å². The Morgan fingerprint density at radius 3 is 2.50 bits per heavy atom. The first-order chi connectivity index (χ1) is 6.72. The predicted octanol–water partition coefficient (Wildman–Crippen LogP) is 1.79. The van der Waals surface area contributed by atoms with Gasteiger partial charge in [-0.25, -0.2) is 0 Å². The van der Waals surface area contributed by atoms with Crippen molar-refractivity contribution in [1.29, 1.82) is 5.41 Å². The fourth-order valence-electron chi connectivity index (χ4n) is 2.25. The second-order valence-corrected chi connectivity index (χ2v) is 3.91. The standard InChI is InChI=1S/C11H23N3/c1-4-11(12)14-8-7-10(9-14)13(5-2)6-3/h10,12H,4-9H2,1-3H3. The third-order valence-corrected chi connectivity index (χ3v) is 3.21. The predicted molar refractivity (Wildman–Crippen MR) is 60.9 cm³/mol. The van der Waals surface area contributed by atoms with Gasteiger partial charge >= 0.3 is 0 Å². The van der Waals surface area contributed by atoms with Gasteiger partial charge in [0, 0.05) is 25.6 Å². The maximum absolute atomic E-state index is 7.79. The zero-order valence-electron chi connectivity index (χ0n) is 9.71. The van der Waals surface area contributed by atoms with Crippen LogP contribution in [0.2, 0.25) is 0 Å². The van der Waals surface area contributed by atoms with Crippen molar-refractivity contribution in [2.24, 2.45) is 0 Å². The Morgan fingerprint density at radius 2 is 2.00 bits per heavy atom. The highest BCUT2D eigenvalue weighted by atomic mass is 15.3. The second kappa shape index (κ2) is 5.35. The number of amidine groups is 1. The van der Waals surface area contributed by atoms with E-state index in [9.17, 15) is 0 Å². The normalized spacial score (nSPS) is 22.0. The summed E-state index contributed by atoms with van der Waals surface area (Å²) in [6, 6.07) is 0.678. The molecule has 0 aliphatic carbocycles. The van der Waals surface area contributed by atoms with Crippen LogP contribution in [-0.4, -0.2) is 47.9 Å². The molecule has 1 N–H and O–H groups in total. The SMILES string of the molecule is CCC(=N)N1CCC(N(CC)CC)C1. The van der Waals surface area contributed by atoms with Crippen LogP contribution in [0.3, 0.4) is 0 Å². The first-order valence-electron chi connectivity index (χ1n) is 5.79. The fourth-order valence-corrected chi connectivity index (χ4v) is 2.25. The summed E-state index contributed by atoms with van der Waals surface area (Å²) < 4.78 is 0. The Kier molecular flexibility index (Phi) is 4.39. The summed E-state index contributed by atoms with van der Waals surface area (Å²) in [5, 5.41) is 7.79. The topological polar surface area (TPSA) is 30.3 Å². The molecule has 1 atom stereocenters. The minimum absolute atomic E-state index is 0.678. The number of nitrogens with zero attached hydrogens (tertiary/aromatic N) is 2. The Morgan fingerprint density at radius 1 is 1.36 bits per heavy atom. The molecule has 0 aromatic heterocycles. The summed E-state index contributed by atoms with van der Waals surface area (Å²) in [5.41, 5.74) is 0. The molecular formula is C11H23N3. The quantitative estimate of drug-likeness (QED) is 0.550. The molecule has 0 bridgehead atoms. The molecule has 3 heteroatoms. The van der Waals surface area contributed by atoms with Crippen molar-refractivity contribution in [2.45, 2.75) is 39.7 Å². The average Bonchev–Trinajstić information content (AvgIpc) is 2.68. The van der Waals surface area contributed by atoms with Crippen LogP contribution in [-0.2, 0) is 0 Å². The van der Waals surface area contributed by atoms with Gasteiger partial charge in [0.15, 0.2) is 0 Å². The van der Waals surface area contributed by atoms with Crippen LogP contribution in [0.15, 0.2) is 0 Å². The van der Waals surface area contributed by atoms with E-state index in [0.717, 1.165) is 38.4 Å². The van der Waals surface area contributed by atoms with Crippen LogP contribution in [0.5, 0.6) is 0 Å². The van der Waals surface area contributed by atoms with Gasteiger partial charge in [-0.3, -0.25) is 10.3 Å². The number of hydrogen-bond acceptors (Lipinski definition) is 2.